The number of carboxylic acid groups (broad SMARTS) is 1. The third kappa shape index (κ3) is 7.76. The van der Waals surface area contributed by atoms with E-state index < -0.39 is 18.2 Å². The third-order valence-corrected chi connectivity index (χ3v) is 3.97. The van der Waals surface area contributed by atoms with Crippen LogP contribution in [0.15, 0.2) is 48.5 Å². The van der Waals surface area contributed by atoms with E-state index in [0.29, 0.717) is 16.5 Å². The van der Waals surface area contributed by atoms with E-state index >= 15 is 0 Å². The molecule has 0 radical (unpaired) electrons. The minimum atomic E-state index is -0.989. The summed E-state index contributed by atoms with van der Waals surface area (Å²) in [6.07, 6.45) is -1.60. The summed E-state index contributed by atoms with van der Waals surface area (Å²) in [5, 5.41) is 19.8. The number of hydrogen-bond acceptors (Lipinski definition) is 5. The summed E-state index contributed by atoms with van der Waals surface area (Å²) in [4.78, 5) is 11.3. The highest BCUT2D eigenvalue weighted by Crippen LogP contribution is 2.18. The van der Waals surface area contributed by atoms with E-state index in [9.17, 15) is 15.0 Å². The number of rotatable bonds is 11. The summed E-state index contributed by atoms with van der Waals surface area (Å²) in [7, 11) is 0. The monoisotopic (exact) mass is 408 g/mol. The van der Waals surface area contributed by atoms with Crippen LogP contribution in [0.2, 0.25) is 5.02 Å². The summed E-state index contributed by atoms with van der Waals surface area (Å²) in [6.45, 7) is 3.74. The van der Waals surface area contributed by atoms with Crippen LogP contribution in [0.5, 0.6) is 11.5 Å². The van der Waals surface area contributed by atoms with Gasteiger partial charge in [-0.3, -0.25) is 0 Å². The van der Waals surface area contributed by atoms with Gasteiger partial charge in [-0.25, -0.2) is 4.79 Å². The number of aliphatic hydroxyl groups excluding tert-OH is 1. The maximum Gasteiger partial charge on any atom is 0.333 e. The molecule has 28 heavy (non-hydrogen) atoms. The van der Waals surface area contributed by atoms with E-state index in [-0.39, 0.29) is 25.7 Å². The van der Waals surface area contributed by atoms with E-state index in [1.165, 1.54) is 0 Å². The third-order valence-electron chi connectivity index (χ3n) is 3.74. The van der Waals surface area contributed by atoms with Crippen molar-refractivity contribution < 1.29 is 29.2 Å². The lowest BCUT2D eigenvalue weighted by Crippen LogP contribution is -2.29. The molecule has 0 fully saturated rings. The lowest BCUT2D eigenvalue weighted by molar-refractivity contribution is -0.153. The van der Waals surface area contributed by atoms with Crippen LogP contribution in [0.4, 0.5) is 0 Å². The Morgan fingerprint density at radius 2 is 1.68 bits per heavy atom. The molecule has 7 heteroatoms. The molecule has 0 spiro atoms. The maximum absolute atomic E-state index is 11.3. The Labute approximate surface area is 169 Å². The summed E-state index contributed by atoms with van der Waals surface area (Å²) < 4.78 is 16.4. The zero-order valence-electron chi connectivity index (χ0n) is 15.9. The molecular weight excluding hydrogens is 384 g/mol. The first kappa shape index (κ1) is 22.0. The number of aliphatic carboxylic acids is 1. The summed E-state index contributed by atoms with van der Waals surface area (Å²) >= 11 is 5.88. The Bertz CT molecular complexity index is 747. The molecule has 2 atom stereocenters. The highest BCUT2D eigenvalue weighted by atomic mass is 35.5. The average Bonchev–Trinajstić information content (AvgIpc) is 2.65. The lowest BCUT2D eigenvalue weighted by atomic mass is 10.1. The van der Waals surface area contributed by atoms with Crippen LogP contribution in [0, 0.1) is 0 Å². The second kappa shape index (κ2) is 10.9. The minimum Gasteiger partial charge on any atom is -0.491 e. The standard InChI is InChI=1S/C21H25ClO6/c1-14(2)28-20(21(24)25)10-15-6-8-18(9-7-15)26-12-17(23)13-27-19-5-3-4-16(22)11-19/h3-9,11,14,17,20,23H,10,12-13H2,1-2H3,(H,24,25). The van der Waals surface area contributed by atoms with Gasteiger partial charge in [-0.05, 0) is 49.7 Å². The molecule has 2 aromatic carbocycles. The fourth-order valence-corrected chi connectivity index (χ4v) is 2.63. The van der Waals surface area contributed by atoms with Gasteiger partial charge in [0.15, 0.2) is 6.10 Å². The van der Waals surface area contributed by atoms with Crippen LogP contribution in [-0.4, -0.2) is 47.7 Å². The first-order chi connectivity index (χ1) is 13.3. The van der Waals surface area contributed by atoms with Crippen molar-refractivity contribution in [1.29, 1.82) is 0 Å². The van der Waals surface area contributed by atoms with Crippen molar-refractivity contribution in [3.8, 4) is 11.5 Å². The average molecular weight is 409 g/mol. The van der Waals surface area contributed by atoms with Crippen molar-refractivity contribution in [2.45, 2.75) is 38.6 Å². The first-order valence-corrected chi connectivity index (χ1v) is 9.37. The Kier molecular flexibility index (Phi) is 8.57. The topological polar surface area (TPSA) is 85.2 Å². The van der Waals surface area contributed by atoms with Gasteiger partial charge in [0.1, 0.15) is 30.8 Å². The SMILES string of the molecule is CC(C)OC(Cc1ccc(OCC(O)COc2cccc(Cl)c2)cc1)C(=O)O. The maximum atomic E-state index is 11.3. The molecule has 0 aliphatic carbocycles. The van der Waals surface area contributed by atoms with Crippen molar-refractivity contribution >= 4 is 17.6 Å². The molecule has 2 aromatic rings. The molecule has 0 saturated carbocycles. The zero-order valence-corrected chi connectivity index (χ0v) is 16.6. The molecule has 0 saturated heterocycles. The van der Waals surface area contributed by atoms with E-state index in [4.69, 9.17) is 25.8 Å². The van der Waals surface area contributed by atoms with Gasteiger partial charge in [0, 0.05) is 11.4 Å². The van der Waals surface area contributed by atoms with Crippen molar-refractivity contribution in [2.75, 3.05) is 13.2 Å². The molecule has 0 amide bonds. The van der Waals surface area contributed by atoms with E-state index in [1.54, 1.807) is 62.4 Å². The minimum absolute atomic E-state index is 0.0636. The van der Waals surface area contributed by atoms with Gasteiger partial charge in [0.05, 0.1) is 6.10 Å². The number of ether oxygens (including phenoxy) is 3. The van der Waals surface area contributed by atoms with Crippen molar-refractivity contribution in [3.05, 3.63) is 59.1 Å². The Hall–Kier alpha value is -2.28. The molecule has 0 aromatic heterocycles. The van der Waals surface area contributed by atoms with E-state index in [2.05, 4.69) is 0 Å². The number of carbonyl (C=O) groups is 1. The Morgan fingerprint density at radius 1 is 1.04 bits per heavy atom. The number of carboxylic acids is 1. The van der Waals surface area contributed by atoms with Gasteiger partial charge in [0.25, 0.3) is 0 Å². The highest BCUT2D eigenvalue weighted by molar-refractivity contribution is 6.30. The number of halogens is 1. The molecule has 2 unspecified atom stereocenters. The van der Waals surface area contributed by atoms with Crippen LogP contribution in [0.25, 0.3) is 0 Å². The molecule has 6 nitrogen and oxygen atoms in total. The van der Waals surface area contributed by atoms with Gasteiger partial charge in [-0.15, -0.1) is 0 Å². The van der Waals surface area contributed by atoms with Gasteiger partial charge < -0.3 is 24.4 Å². The van der Waals surface area contributed by atoms with Gasteiger partial charge in [-0.2, -0.15) is 0 Å². The van der Waals surface area contributed by atoms with E-state index in [0.717, 1.165) is 5.56 Å². The van der Waals surface area contributed by atoms with Gasteiger partial charge in [0.2, 0.25) is 0 Å². The molecule has 0 bridgehead atoms. The quantitative estimate of drug-likeness (QED) is 0.591. The molecule has 2 N–H and O–H groups in total. The normalized spacial score (nSPS) is 13.2. The summed E-state index contributed by atoms with van der Waals surface area (Å²) in [6, 6.07) is 14.0. The zero-order chi connectivity index (χ0) is 20.5. The first-order valence-electron chi connectivity index (χ1n) is 9.00. The van der Waals surface area contributed by atoms with Crippen LogP contribution >= 0.6 is 11.6 Å². The fraction of sp³-hybridized carbons (Fsp3) is 0.381. The van der Waals surface area contributed by atoms with Crippen LogP contribution in [-0.2, 0) is 16.0 Å². The molecule has 152 valence electrons. The highest BCUT2D eigenvalue weighted by Gasteiger charge is 2.20. The smallest absolute Gasteiger partial charge is 0.333 e. The number of aliphatic hydroxyl groups is 1. The molecule has 0 aliphatic rings. The molecule has 0 aliphatic heterocycles. The Balaban J connectivity index is 1.79. The van der Waals surface area contributed by atoms with Crippen molar-refractivity contribution in [3.63, 3.8) is 0 Å². The molecule has 0 heterocycles. The number of hydrogen-bond donors (Lipinski definition) is 2. The van der Waals surface area contributed by atoms with Crippen LogP contribution < -0.4 is 9.47 Å². The summed E-state index contributed by atoms with van der Waals surface area (Å²) in [5.41, 5.74) is 0.824. The van der Waals surface area contributed by atoms with Crippen LogP contribution in [0.1, 0.15) is 19.4 Å². The molecular formula is C21H25ClO6. The van der Waals surface area contributed by atoms with E-state index in [1.807, 2.05) is 0 Å². The fourth-order valence-electron chi connectivity index (χ4n) is 2.45. The van der Waals surface area contributed by atoms with Gasteiger partial charge in [-0.1, -0.05) is 29.8 Å². The van der Waals surface area contributed by atoms with Crippen molar-refractivity contribution in [1.82, 2.24) is 0 Å². The second-order valence-corrected chi connectivity index (χ2v) is 7.03. The molecule has 2 rings (SSSR count). The largest absolute Gasteiger partial charge is 0.491 e. The second-order valence-electron chi connectivity index (χ2n) is 6.59. The predicted molar refractivity (Wildman–Crippen MR) is 106 cm³/mol. The summed E-state index contributed by atoms with van der Waals surface area (Å²) in [5.74, 6) is 0.159. The predicted octanol–water partition coefficient (Wildman–Crippen LogP) is 3.58. The lowest BCUT2D eigenvalue weighted by Gasteiger charge is -2.17. The van der Waals surface area contributed by atoms with Crippen LogP contribution in [0.3, 0.4) is 0 Å². The van der Waals surface area contributed by atoms with Gasteiger partial charge >= 0.3 is 5.97 Å². The van der Waals surface area contributed by atoms with Crippen molar-refractivity contribution in [2.24, 2.45) is 0 Å². The Morgan fingerprint density at radius 3 is 2.25 bits per heavy atom. The number of benzene rings is 2.